The molecule has 0 aliphatic carbocycles. The third kappa shape index (κ3) is 4.31. The molecule has 28 heavy (non-hydrogen) atoms. The molecule has 1 fully saturated rings. The number of oxazole rings is 1. The van der Waals surface area contributed by atoms with E-state index in [-0.39, 0.29) is 5.91 Å². The topological polar surface area (TPSA) is 49.6 Å². The Labute approximate surface area is 165 Å². The Morgan fingerprint density at radius 3 is 2.71 bits per heavy atom. The molecule has 0 unspecified atom stereocenters. The van der Waals surface area contributed by atoms with Gasteiger partial charge >= 0.3 is 0 Å². The minimum Gasteiger partial charge on any atom is -0.444 e. The van der Waals surface area contributed by atoms with Crippen molar-refractivity contribution in [3.05, 3.63) is 77.7 Å². The number of carbonyl (C=O) groups excluding carboxylic acids is 1. The average Bonchev–Trinajstić information content (AvgIpc) is 3.06. The van der Waals surface area contributed by atoms with Crippen LogP contribution in [0.15, 0.2) is 65.3 Å². The van der Waals surface area contributed by atoms with E-state index in [4.69, 9.17) is 4.42 Å². The van der Waals surface area contributed by atoms with Gasteiger partial charge in [-0.15, -0.1) is 0 Å². The van der Waals surface area contributed by atoms with Gasteiger partial charge < -0.3 is 9.32 Å². The van der Waals surface area contributed by atoms with Crippen molar-refractivity contribution in [3.63, 3.8) is 0 Å². The Hall–Kier alpha value is -2.92. The van der Waals surface area contributed by atoms with Crippen LogP contribution in [0, 0.1) is 6.92 Å². The highest BCUT2D eigenvalue weighted by atomic mass is 16.3. The van der Waals surface area contributed by atoms with Crippen LogP contribution < -0.4 is 0 Å². The van der Waals surface area contributed by atoms with Crippen LogP contribution in [-0.4, -0.2) is 46.9 Å². The molecular formula is C23H25N3O2. The summed E-state index contributed by atoms with van der Waals surface area (Å²) in [6, 6.07) is 17.8. The summed E-state index contributed by atoms with van der Waals surface area (Å²) in [6.07, 6.45) is 2.70. The van der Waals surface area contributed by atoms with E-state index in [1.807, 2.05) is 66.4 Å². The summed E-state index contributed by atoms with van der Waals surface area (Å²) in [5.41, 5.74) is 3.80. The first-order chi connectivity index (χ1) is 13.7. The molecule has 4 rings (SSSR count). The number of hydrogen-bond donors (Lipinski definition) is 0. The number of amides is 1. The Bertz CT molecular complexity index is 936. The zero-order valence-electron chi connectivity index (χ0n) is 16.2. The molecule has 3 aromatic rings. The van der Waals surface area contributed by atoms with Crippen molar-refractivity contribution in [1.82, 2.24) is 14.8 Å². The Morgan fingerprint density at radius 2 is 1.89 bits per heavy atom. The van der Waals surface area contributed by atoms with Crippen molar-refractivity contribution in [3.8, 4) is 11.5 Å². The molecule has 144 valence electrons. The second-order valence-corrected chi connectivity index (χ2v) is 7.30. The van der Waals surface area contributed by atoms with E-state index in [1.54, 1.807) is 6.26 Å². The van der Waals surface area contributed by atoms with Crippen LogP contribution in [0.3, 0.4) is 0 Å². The first kappa shape index (κ1) is 18.4. The van der Waals surface area contributed by atoms with Crippen molar-refractivity contribution in [1.29, 1.82) is 0 Å². The predicted octanol–water partition coefficient (Wildman–Crippen LogP) is 4.00. The zero-order valence-corrected chi connectivity index (χ0v) is 16.2. The van der Waals surface area contributed by atoms with Crippen molar-refractivity contribution in [2.24, 2.45) is 0 Å². The van der Waals surface area contributed by atoms with Crippen LogP contribution in [0.4, 0.5) is 0 Å². The van der Waals surface area contributed by atoms with Gasteiger partial charge in [0.25, 0.3) is 5.91 Å². The van der Waals surface area contributed by atoms with Gasteiger partial charge in [-0.3, -0.25) is 9.69 Å². The fourth-order valence-corrected chi connectivity index (χ4v) is 3.61. The highest BCUT2D eigenvalue weighted by molar-refractivity contribution is 5.94. The smallest absolute Gasteiger partial charge is 0.253 e. The molecule has 0 spiro atoms. The average molecular weight is 375 g/mol. The highest BCUT2D eigenvalue weighted by Gasteiger charge is 2.21. The number of carbonyl (C=O) groups is 1. The van der Waals surface area contributed by atoms with Gasteiger partial charge in [0.1, 0.15) is 6.26 Å². The van der Waals surface area contributed by atoms with Crippen LogP contribution in [0.25, 0.3) is 11.5 Å². The molecule has 1 amide bonds. The molecule has 5 nitrogen and oxygen atoms in total. The number of nitrogens with zero attached hydrogens (tertiary/aromatic N) is 3. The second-order valence-electron chi connectivity index (χ2n) is 7.30. The van der Waals surface area contributed by atoms with E-state index in [0.29, 0.717) is 5.89 Å². The molecule has 2 aromatic carbocycles. The fourth-order valence-electron chi connectivity index (χ4n) is 3.61. The van der Waals surface area contributed by atoms with Crippen LogP contribution >= 0.6 is 0 Å². The van der Waals surface area contributed by atoms with Crippen LogP contribution in [0.1, 0.15) is 28.0 Å². The summed E-state index contributed by atoms with van der Waals surface area (Å²) in [6.45, 7) is 6.06. The Morgan fingerprint density at radius 1 is 1.04 bits per heavy atom. The van der Waals surface area contributed by atoms with Gasteiger partial charge in [0.15, 0.2) is 0 Å². The largest absolute Gasteiger partial charge is 0.444 e. The number of aromatic nitrogens is 1. The first-order valence-corrected chi connectivity index (χ1v) is 9.77. The molecule has 1 saturated heterocycles. The monoisotopic (exact) mass is 375 g/mol. The maximum Gasteiger partial charge on any atom is 0.253 e. The molecule has 2 heterocycles. The fraction of sp³-hybridized carbons (Fsp3) is 0.304. The van der Waals surface area contributed by atoms with Gasteiger partial charge in [-0.05, 0) is 37.6 Å². The van der Waals surface area contributed by atoms with E-state index in [2.05, 4.69) is 9.88 Å². The maximum absolute atomic E-state index is 12.8. The minimum atomic E-state index is 0.123. The lowest BCUT2D eigenvalue weighted by Crippen LogP contribution is -2.35. The molecule has 1 aromatic heterocycles. The normalized spacial score (nSPS) is 15.4. The van der Waals surface area contributed by atoms with Gasteiger partial charge in [-0.25, -0.2) is 4.98 Å². The van der Waals surface area contributed by atoms with Gasteiger partial charge in [0, 0.05) is 43.9 Å². The lowest BCUT2D eigenvalue weighted by molar-refractivity contribution is 0.0761. The molecule has 1 aliphatic rings. The number of benzene rings is 2. The van der Waals surface area contributed by atoms with E-state index in [1.165, 1.54) is 0 Å². The summed E-state index contributed by atoms with van der Waals surface area (Å²) >= 11 is 0. The summed E-state index contributed by atoms with van der Waals surface area (Å²) in [5, 5.41) is 0. The van der Waals surface area contributed by atoms with E-state index < -0.39 is 0 Å². The van der Waals surface area contributed by atoms with Crippen molar-refractivity contribution in [2.75, 3.05) is 26.2 Å². The molecule has 0 radical (unpaired) electrons. The van der Waals surface area contributed by atoms with Crippen LogP contribution in [-0.2, 0) is 6.54 Å². The van der Waals surface area contributed by atoms with Crippen LogP contribution in [0.2, 0.25) is 0 Å². The van der Waals surface area contributed by atoms with Gasteiger partial charge in [-0.2, -0.15) is 0 Å². The van der Waals surface area contributed by atoms with Crippen LogP contribution in [0.5, 0.6) is 0 Å². The number of aryl methyl sites for hydroxylation is 1. The predicted molar refractivity (Wildman–Crippen MR) is 109 cm³/mol. The third-order valence-electron chi connectivity index (χ3n) is 5.10. The molecule has 0 bridgehead atoms. The maximum atomic E-state index is 12.8. The highest BCUT2D eigenvalue weighted by Crippen LogP contribution is 2.19. The first-order valence-electron chi connectivity index (χ1n) is 9.77. The third-order valence-corrected chi connectivity index (χ3v) is 5.10. The van der Waals surface area contributed by atoms with Gasteiger partial charge in [0.2, 0.25) is 5.89 Å². The Balaban J connectivity index is 1.37. The van der Waals surface area contributed by atoms with E-state index in [9.17, 15) is 4.79 Å². The standard InChI is InChI=1S/C23H25N3O2/c1-18-7-5-10-20(15-18)23(27)26-12-6-11-25(13-14-26)16-21-17-28-22(24-21)19-8-3-2-4-9-19/h2-5,7-10,15,17H,6,11-14,16H2,1H3. The molecule has 0 saturated carbocycles. The summed E-state index contributed by atoms with van der Waals surface area (Å²) in [5.74, 6) is 0.778. The van der Waals surface area contributed by atoms with Crippen molar-refractivity contribution >= 4 is 5.91 Å². The van der Waals surface area contributed by atoms with E-state index >= 15 is 0 Å². The van der Waals surface area contributed by atoms with E-state index in [0.717, 1.165) is 61.5 Å². The molecule has 0 N–H and O–H groups in total. The quantitative estimate of drug-likeness (QED) is 0.692. The summed E-state index contributed by atoms with van der Waals surface area (Å²) in [7, 11) is 0. The number of hydrogen-bond acceptors (Lipinski definition) is 4. The van der Waals surface area contributed by atoms with Gasteiger partial charge in [-0.1, -0.05) is 35.9 Å². The lowest BCUT2D eigenvalue weighted by atomic mass is 10.1. The van der Waals surface area contributed by atoms with Gasteiger partial charge in [0.05, 0.1) is 5.69 Å². The van der Waals surface area contributed by atoms with Crippen molar-refractivity contribution < 1.29 is 9.21 Å². The SMILES string of the molecule is Cc1cccc(C(=O)N2CCCN(Cc3coc(-c4ccccc4)n3)CC2)c1. The molecule has 5 heteroatoms. The molecule has 0 atom stereocenters. The molecular weight excluding hydrogens is 350 g/mol. The number of rotatable bonds is 4. The minimum absolute atomic E-state index is 0.123. The molecule has 1 aliphatic heterocycles. The van der Waals surface area contributed by atoms with Crippen molar-refractivity contribution in [2.45, 2.75) is 19.9 Å². The lowest BCUT2D eigenvalue weighted by Gasteiger charge is -2.21. The summed E-state index contributed by atoms with van der Waals surface area (Å²) in [4.78, 5) is 21.7. The summed E-state index contributed by atoms with van der Waals surface area (Å²) < 4.78 is 5.65. The Kier molecular flexibility index (Phi) is 5.53. The zero-order chi connectivity index (χ0) is 19.3. The second kappa shape index (κ2) is 8.40.